The van der Waals surface area contributed by atoms with Crippen LogP contribution in [0.25, 0.3) is 38.5 Å². The van der Waals surface area contributed by atoms with E-state index >= 15 is 0 Å². The van der Waals surface area contributed by atoms with Gasteiger partial charge in [0.25, 0.3) is 0 Å². The summed E-state index contributed by atoms with van der Waals surface area (Å²) in [5, 5.41) is 13.3. The molecule has 3 aromatic carbocycles. The number of fused-ring (bicyclic) bond motifs is 4. The first-order chi connectivity index (χ1) is 18.2. The van der Waals surface area contributed by atoms with Crippen molar-refractivity contribution in [2.24, 2.45) is 0 Å². The summed E-state index contributed by atoms with van der Waals surface area (Å²) < 4.78 is 8.33. The number of pyridine rings is 2. The Labute approximate surface area is 234 Å². The predicted octanol–water partition coefficient (Wildman–Crippen LogP) is 8.07. The average Bonchev–Trinajstić information content (AvgIpc) is 3.28. The van der Waals surface area contributed by atoms with Gasteiger partial charge in [0.2, 0.25) is 5.88 Å². The van der Waals surface area contributed by atoms with Crippen LogP contribution < -0.4 is 4.74 Å². The molecule has 1 aliphatic rings. The van der Waals surface area contributed by atoms with Gasteiger partial charge in [-0.3, -0.25) is 0 Å². The second-order valence-electron chi connectivity index (χ2n) is 9.82. The van der Waals surface area contributed by atoms with Crippen molar-refractivity contribution in [3.8, 4) is 23.2 Å². The van der Waals surface area contributed by atoms with Gasteiger partial charge in [0.1, 0.15) is 17.1 Å². The minimum absolute atomic E-state index is 0. The van der Waals surface area contributed by atoms with Crippen molar-refractivity contribution in [1.29, 1.82) is 0 Å². The Morgan fingerprint density at radius 1 is 0.868 bits per heavy atom. The molecule has 0 atom stereocenters. The van der Waals surface area contributed by atoms with Crippen LogP contribution in [-0.2, 0) is 20.4 Å². The van der Waals surface area contributed by atoms with Crippen LogP contribution in [0.2, 0.25) is 0 Å². The van der Waals surface area contributed by atoms with E-state index in [1.54, 1.807) is 12.1 Å². The van der Waals surface area contributed by atoms with Gasteiger partial charge >= 0.3 is 0 Å². The van der Waals surface area contributed by atoms with Crippen molar-refractivity contribution in [2.45, 2.75) is 38.0 Å². The number of para-hydroxylation sites is 2. The molecule has 0 radical (unpaired) electrons. The van der Waals surface area contributed by atoms with Crippen LogP contribution in [0, 0.1) is 6.07 Å². The van der Waals surface area contributed by atoms with E-state index in [0.29, 0.717) is 23.1 Å². The first kappa shape index (κ1) is 24.6. The molecule has 6 aromatic rings. The van der Waals surface area contributed by atoms with Gasteiger partial charge in [-0.25, -0.2) is 9.97 Å². The van der Waals surface area contributed by atoms with Gasteiger partial charge in [-0.15, -0.1) is 17.5 Å². The number of benzene rings is 3. The number of aromatic nitrogens is 3. The fourth-order valence-corrected chi connectivity index (χ4v) is 5.70. The summed E-state index contributed by atoms with van der Waals surface area (Å²) >= 11 is 0. The molecular weight excluding hydrogens is 565 g/mol. The van der Waals surface area contributed by atoms with Crippen LogP contribution in [-0.4, -0.2) is 19.6 Å². The van der Waals surface area contributed by atoms with Crippen LogP contribution in [0.15, 0.2) is 85.1 Å². The fraction of sp³-hybridized carbons (Fsp3) is 0.188. The van der Waals surface area contributed by atoms with Crippen molar-refractivity contribution in [2.75, 3.05) is 0 Å². The molecule has 0 aliphatic heterocycles. The molecule has 1 aliphatic carbocycles. The Hall–Kier alpha value is -3.72. The standard InChI is InChI=1S/C32H26N3O2.Pd/c36-29-12-6-9-22-13-16-31(34-32(22)29)37-24-14-15-26-25-10-4-5-11-27(25)35(28(26)20-24)30-19-23(17-18-33-30)21-7-2-1-3-8-21;/h4-6,9-19,21,36H,1-3,7-8H2;/q-1;. The smallest absolute Gasteiger partial charge is 0.217 e. The van der Waals surface area contributed by atoms with E-state index in [4.69, 9.17) is 9.72 Å². The Morgan fingerprint density at radius 3 is 2.63 bits per heavy atom. The topological polar surface area (TPSA) is 60.2 Å². The van der Waals surface area contributed by atoms with Crippen molar-refractivity contribution in [1.82, 2.24) is 14.5 Å². The van der Waals surface area contributed by atoms with Gasteiger partial charge in [0.05, 0.1) is 0 Å². The average molecular weight is 591 g/mol. The van der Waals surface area contributed by atoms with Crippen LogP contribution >= 0.6 is 0 Å². The summed E-state index contributed by atoms with van der Waals surface area (Å²) in [5.41, 5.74) is 3.88. The van der Waals surface area contributed by atoms with Crippen molar-refractivity contribution < 1.29 is 30.3 Å². The van der Waals surface area contributed by atoms with E-state index in [1.165, 1.54) is 37.7 Å². The molecule has 7 rings (SSSR count). The molecule has 38 heavy (non-hydrogen) atoms. The number of phenolic OH excluding ortho intramolecular Hbond substituents is 1. The van der Waals surface area contributed by atoms with E-state index in [-0.39, 0.29) is 26.2 Å². The third kappa shape index (κ3) is 4.34. The molecule has 6 heteroatoms. The van der Waals surface area contributed by atoms with Crippen molar-refractivity contribution in [3.05, 3.63) is 96.7 Å². The Bertz CT molecular complexity index is 1770. The molecule has 0 amide bonds. The Kier molecular flexibility index (Phi) is 6.61. The number of rotatable bonds is 4. The van der Waals surface area contributed by atoms with E-state index in [1.807, 2.05) is 30.5 Å². The second kappa shape index (κ2) is 10.2. The van der Waals surface area contributed by atoms with E-state index in [9.17, 15) is 5.11 Å². The van der Waals surface area contributed by atoms with E-state index in [2.05, 4.69) is 58.1 Å². The van der Waals surface area contributed by atoms with Gasteiger partial charge in [-0.2, -0.15) is 6.07 Å². The quantitative estimate of drug-likeness (QED) is 0.167. The number of aromatic hydroxyl groups is 1. The van der Waals surface area contributed by atoms with Crippen LogP contribution in [0.5, 0.6) is 17.4 Å². The summed E-state index contributed by atoms with van der Waals surface area (Å²) in [5.74, 6) is 2.59. The van der Waals surface area contributed by atoms with Gasteiger partial charge in [-0.05, 0) is 60.0 Å². The minimum atomic E-state index is 0. The largest absolute Gasteiger partial charge is 0.506 e. The maximum absolute atomic E-state index is 10.2. The molecule has 1 fully saturated rings. The van der Waals surface area contributed by atoms with Crippen molar-refractivity contribution >= 4 is 32.7 Å². The predicted molar refractivity (Wildman–Crippen MR) is 147 cm³/mol. The summed E-state index contributed by atoms with van der Waals surface area (Å²) in [6, 6.07) is 29.4. The zero-order valence-corrected chi connectivity index (χ0v) is 22.3. The Balaban J connectivity index is 0.00000264. The van der Waals surface area contributed by atoms with Gasteiger partial charge in [0.15, 0.2) is 0 Å². The van der Waals surface area contributed by atoms with Crippen molar-refractivity contribution in [3.63, 3.8) is 0 Å². The summed E-state index contributed by atoms with van der Waals surface area (Å²) in [6.45, 7) is 0. The zero-order valence-electron chi connectivity index (χ0n) is 20.7. The third-order valence-electron chi connectivity index (χ3n) is 7.52. The van der Waals surface area contributed by atoms with Crippen LogP contribution in [0.1, 0.15) is 43.6 Å². The van der Waals surface area contributed by atoms with Crippen LogP contribution in [0.3, 0.4) is 0 Å². The molecule has 0 saturated heterocycles. The van der Waals surface area contributed by atoms with Crippen LogP contribution in [0.4, 0.5) is 0 Å². The number of phenols is 1. The molecule has 3 aromatic heterocycles. The minimum Gasteiger partial charge on any atom is -0.506 e. The normalized spacial score (nSPS) is 14.1. The number of nitrogens with zero attached hydrogens (tertiary/aromatic N) is 3. The van der Waals surface area contributed by atoms with Gasteiger partial charge < -0.3 is 14.4 Å². The summed E-state index contributed by atoms with van der Waals surface area (Å²) in [4.78, 5) is 9.32. The zero-order chi connectivity index (χ0) is 24.8. The maximum atomic E-state index is 10.2. The second-order valence-corrected chi connectivity index (χ2v) is 9.82. The molecular formula is C32H26N3O2Pd-. The molecule has 5 nitrogen and oxygen atoms in total. The van der Waals surface area contributed by atoms with Gasteiger partial charge in [-0.1, -0.05) is 55.1 Å². The molecule has 1 N–H and O–H groups in total. The molecule has 192 valence electrons. The van der Waals surface area contributed by atoms with E-state index < -0.39 is 0 Å². The number of hydrogen-bond acceptors (Lipinski definition) is 4. The van der Waals surface area contributed by atoms with Gasteiger partial charge in [0, 0.05) is 49.3 Å². The Morgan fingerprint density at radius 2 is 1.74 bits per heavy atom. The SMILES string of the molecule is Oc1cccc2ccc(Oc3[c-]c4c(cc3)c3ccccc3n4-c3cc(C4CCCCC4)ccn3)nc12.[Pd]. The fourth-order valence-electron chi connectivity index (χ4n) is 5.70. The van der Waals surface area contributed by atoms with E-state index in [0.717, 1.165) is 33.0 Å². The maximum Gasteiger partial charge on any atom is 0.217 e. The number of ether oxygens (including phenoxy) is 1. The summed E-state index contributed by atoms with van der Waals surface area (Å²) in [7, 11) is 0. The first-order valence-electron chi connectivity index (χ1n) is 12.9. The first-order valence-corrected chi connectivity index (χ1v) is 12.9. The molecule has 3 heterocycles. The molecule has 1 saturated carbocycles. The molecule has 0 spiro atoms. The number of hydrogen-bond donors (Lipinski definition) is 1. The monoisotopic (exact) mass is 590 g/mol. The third-order valence-corrected chi connectivity index (χ3v) is 7.52. The molecule has 0 unspecified atom stereocenters. The summed E-state index contributed by atoms with van der Waals surface area (Å²) in [6.07, 6.45) is 8.36. The molecule has 0 bridgehead atoms.